The van der Waals surface area contributed by atoms with Crippen molar-refractivity contribution >= 4 is 0 Å². The van der Waals surface area contributed by atoms with Crippen molar-refractivity contribution in [3.05, 3.63) is 17.4 Å². The molecule has 6 nitrogen and oxygen atoms in total. The van der Waals surface area contributed by atoms with E-state index in [1.807, 2.05) is 0 Å². The second-order valence-electron chi connectivity index (χ2n) is 2.86. The van der Waals surface area contributed by atoms with Crippen LogP contribution in [0.2, 0.25) is 0 Å². The molecule has 0 aromatic rings. The van der Waals surface area contributed by atoms with Crippen LogP contribution in [0.5, 0.6) is 0 Å². The minimum Gasteiger partial charge on any atom is -0.396 e. The van der Waals surface area contributed by atoms with Gasteiger partial charge < -0.3 is 14.9 Å². The first-order chi connectivity index (χ1) is 6.24. The number of hydrogen-bond acceptors (Lipinski definition) is 4. The van der Waals surface area contributed by atoms with E-state index in [4.69, 9.17) is 27.4 Å². The Morgan fingerprint density at radius 2 is 2.15 bits per heavy atom. The first kappa shape index (κ1) is 10.3. The van der Waals surface area contributed by atoms with Crippen LogP contribution in [0.15, 0.2) is 5.11 Å². The predicted octanol–water partition coefficient (Wildman–Crippen LogP) is -0.255. The second kappa shape index (κ2) is 4.43. The van der Waals surface area contributed by atoms with Gasteiger partial charge in [-0.25, -0.2) is 0 Å². The summed E-state index contributed by atoms with van der Waals surface area (Å²) >= 11 is 0. The summed E-state index contributed by atoms with van der Waals surface area (Å²) in [5.41, 5.74) is 8.24. The zero-order valence-electron chi connectivity index (χ0n) is 6.95. The Balaban J connectivity index is 2.77. The number of azide groups is 1. The van der Waals surface area contributed by atoms with E-state index in [0.717, 1.165) is 0 Å². The Hall–Kier alpha value is -0.810. The molecule has 4 atom stereocenters. The van der Waals surface area contributed by atoms with Gasteiger partial charge in [-0.2, -0.15) is 0 Å². The fourth-order valence-electron chi connectivity index (χ4n) is 1.44. The SMILES string of the molecule is [CH]C1O[C@H](CO)[C@H](N=[N+]=[N-])C1CO. The summed E-state index contributed by atoms with van der Waals surface area (Å²) in [5, 5.41) is 21.2. The maximum absolute atomic E-state index is 8.92. The van der Waals surface area contributed by atoms with Crippen LogP contribution in [0.25, 0.3) is 10.4 Å². The van der Waals surface area contributed by atoms with E-state index in [1.54, 1.807) is 0 Å². The van der Waals surface area contributed by atoms with Crippen LogP contribution in [-0.4, -0.2) is 41.7 Å². The molecule has 72 valence electrons. The number of rotatable bonds is 3. The molecule has 0 saturated carbocycles. The summed E-state index contributed by atoms with van der Waals surface area (Å²) in [6.07, 6.45) is -1.29. The van der Waals surface area contributed by atoms with E-state index >= 15 is 0 Å². The van der Waals surface area contributed by atoms with Crippen LogP contribution in [0, 0.1) is 12.8 Å². The lowest BCUT2D eigenvalue weighted by Gasteiger charge is -2.14. The Morgan fingerprint density at radius 3 is 2.62 bits per heavy atom. The van der Waals surface area contributed by atoms with Gasteiger partial charge in [-0.15, -0.1) is 0 Å². The third kappa shape index (κ3) is 1.92. The van der Waals surface area contributed by atoms with Crippen molar-refractivity contribution < 1.29 is 14.9 Å². The molecule has 0 amide bonds. The third-order valence-corrected chi connectivity index (χ3v) is 2.15. The van der Waals surface area contributed by atoms with Gasteiger partial charge in [0.1, 0.15) is 0 Å². The lowest BCUT2D eigenvalue weighted by Crippen LogP contribution is -2.29. The monoisotopic (exact) mass is 185 g/mol. The summed E-state index contributed by atoms with van der Waals surface area (Å²) in [7, 11) is 0. The quantitative estimate of drug-likeness (QED) is 0.360. The molecule has 0 bridgehead atoms. The first-order valence-corrected chi connectivity index (χ1v) is 3.91. The van der Waals surface area contributed by atoms with E-state index in [9.17, 15) is 0 Å². The summed E-state index contributed by atoms with van der Waals surface area (Å²) in [6.45, 7) is 5.01. The van der Waals surface area contributed by atoms with Gasteiger partial charge in [0.05, 0.1) is 24.9 Å². The Bertz CT molecular complexity index is 217. The van der Waals surface area contributed by atoms with Crippen LogP contribution in [0.1, 0.15) is 0 Å². The molecule has 0 aromatic heterocycles. The molecule has 1 aliphatic rings. The Labute approximate surface area is 75.8 Å². The van der Waals surface area contributed by atoms with Gasteiger partial charge in [0, 0.05) is 17.4 Å². The minimum atomic E-state index is -0.683. The molecule has 13 heavy (non-hydrogen) atoms. The highest BCUT2D eigenvalue weighted by atomic mass is 16.5. The van der Waals surface area contributed by atoms with Crippen molar-refractivity contribution in [1.82, 2.24) is 0 Å². The van der Waals surface area contributed by atoms with Crippen LogP contribution in [-0.2, 0) is 4.74 Å². The van der Waals surface area contributed by atoms with Crippen molar-refractivity contribution in [2.75, 3.05) is 13.2 Å². The number of hydrogen-bond donors (Lipinski definition) is 2. The first-order valence-electron chi connectivity index (χ1n) is 3.91. The standard InChI is InChI=1S/C7H11N3O3/c1-4-5(2-11)7(9-10-8)6(3-12)13-4/h1,4-7,11-12H,2-3H2/t4?,5?,6-,7-/m1/s1. The van der Waals surface area contributed by atoms with Crippen LogP contribution in [0.3, 0.4) is 0 Å². The zero-order chi connectivity index (χ0) is 9.84. The van der Waals surface area contributed by atoms with E-state index < -0.39 is 24.2 Å². The molecule has 1 rings (SSSR count). The van der Waals surface area contributed by atoms with Gasteiger partial charge >= 0.3 is 0 Å². The molecule has 1 saturated heterocycles. The summed E-state index contributed by atoms with van der Waals surface area (Å²) in [5.74, 6) is -0.437. The smallest absolute Gasteiger partial charge is 0.0898 e. The van der Waals surface area contributed by atoms with Gasteiger partial charge in [-0.1, -0.05) is 5.11 Å². The average molecular weight is 185 g/mol. The van der Waals surface area contributed by atoms with E-state index in [1.165, 1.54) is 0 Å². The molecule has 1 aliphatic heterocycles. The highest BCUT2D eigenvalue weighted by Crippen LogP contribution is 2.28. The zero-order valence-corrected chi connectivity index (χ0v) is 6.95. The summed E-state index contributed by atoms with van der Waals surface area (Å²) < 4.78 is 5.08. The Morgan fingerprint density at radius 1 is 1.46 bits per heavy atom. The molecule has 2 N–H and O–H groups in total. The van der Waals surface area contributed by atoms with Gasteiger partial charge in [0.25, 0.3) is 0 Å². The molecular formula is C7H11N3O3. The minimum absolute atomic E-state index is 0.221. The van der Waals surface area contributed by atoms with Crippen LogP contribution in [0.4, 0.5) is 0 Å². The van der Waals surface area contributed by atoms with Crippen molar-refractivity contribution in [2.45, 2.75) is 18.2 Å². The third-order valence-electron chi connectivity index (χ3n) is 2.15. The van der Waals surface area contributed by atoms with E-state index in [2.05, 4.69) is 10.0 Å². The van der Waals surface area contributed by atoms with Crippen molar-refractivity contribution in [3.63, 3.8) is 0 Å². The number of ether oxygens (including phenoxy) is 1. The van der Waals surface area contributed by atoms with Gasteiger partial charge in [-0.05, 0) is 12.5 Å². The van der Waals surface area contributed by atoms with Crippen LogP contribution < -0.4 is 0 Å². The molecule has 0 aliphatic carbocycles. The number of nitrogens with zero attached hydrogens (tertiary/aromatic N) is 3. The predicted molar refractivity (Wildman–Crippen MR) is 43.6 cm³/mol. The van der Waals surface area contributed by atoms with Crippen molar-refractivity contribution in [2.24, 2.45) is 11.0 Å². The number of aliphatic hydroxyl groups is 2. The highest BCUT2D eigenvalue weighted by molar-refractivity contribution is 4.95. The summed E-state index contributed by atoms with van der Waals surface area (Å²) in [6, 6.07) is -0.588. The van der Waals surface area contributed by atoms with Gasteiger partial charge in [0.15, 0.2) is 0 Å². The van der Waals surface area contributed by atoms with Crippen molar-refractivity contribution in [1.29, 1.82) is 0 Å². The van der Waals surface area contributed by atoms with Crippen molar-refractivity contribution in [3.8, 4) is 0 Å². The second-order valence-corrected chi connectivity index (χ2v) is 2.86. The lowest BCUT2D eigenvalue weighted by atomic mass is 9.96. The topological polar surface area (TPSA) is 98.5 Å². The van der Waals surface area contributed by atoms with Gasteiger partial charge in [-0.3, -0.25) is 0 Å². The number of aliphatic hydroxyl groups excluding tert-OH is 2. The molecule has 1 heterocycles. The fourth-order valence-corrected chi connectivity index (χ4v) is 1.44. The molecule has 1 fully saturated rings. The molecular weight excluding hydrogens is 174 g/mol. The Kier molecular flexibility index (Phi) is 3.50. The average Bonchev–Trinajstić information content (AvgIpc) is 2.43. The maximum atomic E-state index is 8.92. The molecule has 6 heteroatoms. The molecule has 0 aromatic carbocycles. The lowest BCUT2D eigenvalue weighted by molar-refractivity contribution is 0.0192. The maximum Gasteiger partial charge on any atom is 0.0898 e. The van der Waals surface area contributed by atoms with Crippen LogP contribution >= 0.6 is 0 Å². The molecule has 2 unspecified atom stereocenters. The molecule has 0 spiro atoms. The van der Waals surface area contributed by atoms with E-state index in [0.29, 0.717) is 0 Å². The van der Waals surface area contributed by atoms with E-state index in [-0.39, 0.29) is 13.2 Å². The normalized spacial score (nSPS) is 38.7. The largest absolute Gasteiger partial charge is 0.396 e. The fraction of sp³-hybridized carbons (Fsp3) is 0.857. The highest BCUT2D eigenvalue weighted by Gasteiger charge is 2.41. The molecule has 2 radical (unpaired) electrons. The summed E-state index contributed by atoms with van der Waals surface area (Å²) in [4.78, 5) is 2.62. The van der Waals surface area contributed by atoms with Gasteiger partial charge in [0.2, 0.25) is 0 Å².